The first-order valence-electron chi connectivity index (χ1n) is 5.88. The van der Waals surface area contributed by atoms with Crippen LogP contribution in [0.25, 0.3) is 0 Å². The van der Waals surface area contributed by atoms with Crippen LogP contribution in [0, 0.1) is 0 Å². The molecule has 0 saturated carbocycles. The summed E-state index contributed by atoms with van der Waals surface area (Å²) in [7, 11) is 0. The van der Waals surface area contributed by atoms with Crippen molar-refractivity contribution in [1.29, 1.82) is 0 Å². The third-order valence-electron chi connectivity index (χ3n) is 2.73. The molecule has 1 aromatic rings. The van der Waals surface area contributed by atoms with E-state index in [1.165, 1.54) is 5.56 Å². The number of aliphatic hydroxyl groups is 1. The SMILES string of the molecule is CCCC(O)C(=O)c1ccc(C(C)C)cc1. The van der Waals surface area contributed by atoms with Gasteiger partial charge in [0, 0.05) is 5.56 Å². The van der Waals surface area contributed by atoms with Gasteiger partial charge in [-0.25, -0.2) is 0 Å². The molecular formula is C14H20O2. The molecule has 0 amide bonds. The minimum absolute atomic E-state index is 0.169. The van der Waals surface area contributed by atoms with Gasteiger partial charge in [-0.2, -0.15) is 0 Å². The van der Waals surface area contributed by atoms with Crippen LogP contribution in [0.3, 0.4) is 0 Å². The number of carbonyl (C=O) groups excluding carboxylic acids is 1. The van der Waals surface area contributed by atoms with Crippen molar-refractivity contribution >= 4 is 5.78 Å². The summed E-state index contributed by atoms with van der Waals surface area (Å²) in [5.41, 5.74) is 1.81. The average Bonchev–Trinajstić information content (AvgIpc) is 2.28. The Morgan fingerprint density at radius 1 is 1.25 bits per heavy atom. The summed E-state index contributed by atoms with van der Waals surface area (Å²) in [6.07, 6.45) is 0.497. The van der Waals surface area contributed by atoms with Crippen LogP contribution in [0.5, 0.6) is 0 Å². The van der Waals surface area contributed by atoms with Crippen molar-refractivity contribution in [2.75, 3.05) is 0 Å². The summed E-state index contributed by atoms with van der Waals surface area (Å²) in [6.45, 7) is 6.18. The lowest BCUT2D eigenvalue weighted by molar-refractivity contribution is 0.0729. The van der Waals surface area contributed by atoms with Crippen LogP contribution in [0.2, 0.25) is 0 Å². The Labute approximate surface area is 97.3 Å². The molecule has 16 heavy (non-hydrogen) atoms. The number of hydrogen-bond donors (Lipinski definition) is 1. The summed E-state index contributed by atoms with van der Waals surface area (Å²) in [6, 6.07) is 7.51. The number of hydrogen-bond acceptors (Lipinski definition) is 2. The number of benzene rings is 1. The number of ketones is 1. The fourth-order valence-corrected chi connectivity index (χ4v) is 1.63. The van der Waals surface area contributed by atoms with E-state index in [2.05, 4.69) is 13.8 Å². The molecule has 0 radical (unpaired) electrons. The third-order valence-corrected chi connectivity index (χ3v) is 2.73. The molecule has 0 aliphatic carbocycles. The predicted octanol–water partition coefficient (Wildman–Crippen LogP) is 3.15. The van der Waals surface area contributed by atoms with Gasteiger partial charge >= 0.3 is 0 Å². The lowest BCUT2D eigenvalue weighted by Gasteiger charge is -2.09. The minimum Gasteiger partial charge on any atom is -0.385 e. The first kappa shape index (κ1) is 12.9. The summed E-state index contributed by atoms with van der Waals surface area (Å²) in [5, 5.41) is 9.60. The van der Waals surface area contributed by atoms with E-state index in [1.807, 2.05) is 19.1 Å². The number of Topliss-reactive ketones (excluding diaryl/α,β-unsaturated/α-hetero) is 1. The van der Waals surface area contributed by atoms with Gasteiger partial charge in [0.1, 0.15) is 6.10 Å². The number of rotatable bonds is 5. The topological polar surface area (TPSA) is 37.3 Å². The standard InChI is InChI=1S/C14H20O2/c1-4-5-13(15)14(16)12-8-6-11(7-9-12)10(2)3/h6-10,13,15H,4-5H2,1-3H3. The first-order valence-corrected chi connectivity index (χ1v) is 5.88. The normalized spacial score (nSPS) is 12.8. The first-order chi connectivity index (χ1) is 7.56. The zero-order chi connectivity index (χ0) is 12.1. The van der Waals surface area contributed by atoms with Gasteiger partial charge in [-0.05, 0) is 17.9 Å². The zero-order valence-corrected chi connectivity index (χ0v) is 10.2. The molecule has 0 bridgehead atoms. The van der Waals surface area contributed by atoms with Gasteiger partial charge in [-0.15, -0.1) is 0 Å². The van der Waals surface area contributed by atoms with Crippen LogP contribution < -0.4 is 0 Å². The third kappa shape index (κ3) is 3.17. The van der Waals surface area contributed by atoms with Crippen LogP contribution in [0.15, 0.2) is 24.3 Å². The Balaban J connectivity index is 2.77. The predicted molar refractivity (Wildman–Crippen MR) is 65.8 cm³/mol. The van der Waals surface area contributed by atoms with Gasteiger partial charge < -0.3 is 5.11 Å². The highest BCUT2D eigenvalue weighted by molar-refractivity contribution is 5.99. The molecule has 1 N–H and O–H groups in total. The van der Waals surface area contributed by atoms with Crippen molar-refractivity contribution in [3.8, 4) is 0 Å². The van der Waals surface area contributed by atoms with E-state index in [1.54, 1.807) is 12.1 Å². The number of aliphatic hydroxyl groups excluding tert-OH is 1. The van der Waals surface area contributed by atoms with Gasteiger partial charge in [0.2, 0.25) is 0 Å². The summed E-state index contributed by atoms with van der Waals surface area (Å²) in [4.78, 5) is 11.8. The molecule has 1 aromatic carbocycles. The molecular weight excluding hydrogens is 200 g/mol. The molecule has 0 aliphatic rings. The average molecular weight is 220 g/mol. The van der Waals surface area contributed by atoms with Crippen LogP contribution in [0.1, 0.15) is 55.5 Å². The van der Waals surface area contributed by atoms with Crippen LogP contribution in [-0.4, -0.2) is 17.0 Å². The van der Waals surface area contributed by atoms with E-state index >= 15 is 0 Å². The van der Waals surface area contributed by atoms with Crippen LogP contribution in [0.4, 0.5) is 0 Å². The lowest BCUT2D eigenvalue weighted by Crippen LogP contribution is -2.19. The molecule has 88 valence electrons. The van der Waals surface area contributed by atoms with E-state index in [0.29, 0.717) is 17.9 Å². The van der Waals surface area contributed by atoms with Crippen molar-refractivity contribution in [3.05, 3.63) is 35.4 Å². The molecule has 2 nitrogen and oxygen atoms in total. The summed E-state index contributed by atoms with van der Waals surface area (Å²) in [5.74, 6) is 0.293. The van der Waals surface area contributed by atoms with Gasteiger partial charge in [0.15, 0.2) is 5.78 Å². The molecule has 0 saturated heterocycles. The fraction of sp³-hybridized carbons (Fsp3) is 0.500. The molecule has 1 rings (SSSR count). The molecule has 0 aromatic heterocycles. The maximum absolute atomic E-state index is 11.8. The van der Waals surface area contributed by atoms with E-state index in [0.717, 1.165) is 6.42 Å². The van der Waals surface area contributed by atoms with Crippen LogP contribution >= 0.6 is 0 Å². The smallest absolute Gasteiger partial charge is 0.191 e. The van der Waals surface area contributed by atoms with Crippen LogP contribution in [-0.2, 0) is 0 Å². The lowest BCUT2D eigenvalue weighted by atomic mass is 9.98. The molecule has 0 heterocycles. The van der Waals surface area contributed by atoms with E-state index in [9.17, 15) is 9.90 Å². The van der Waals surface area contributed by atoms with Crippen molar-refractivity contribution in [2.45, 2.75) is 45.6 Å². The molecule has 0 spiro atoms. The monoisotopic (exact) mass is 220 g/mol. The second kappa shape index (κ2) is 5.80. The molecule has 1 unspecified atom stereocenters. The Morgan fingerprint density at radius 3 is 2.25 bits per heavy atom. The summed E-state index contributed by atoms with van der Waals surface area (Å²) >= 11 is 0. The number of carbonyl (C=O) groups is 1. The second-order valence-electron chi connectivity index (χ2n) is 4.45. The Bertz CT molecular complexity index is 338. The van der Waals surface area contributed by atoms with Crippen molar-refractivity contribution in [1.82, 2.24) is 0 Å². The largest absolute Gasteiger partial charge is 0.385 e. The molecule has 0 aliphatic heterocycles. The van der Waals surface area contributed by atoms with Gasteiger partial charge in [-0.3, -0.25) is 4.79 Å². The minimum atomic E-state index is -0.852. The van der Waals surface area contributed by atoms with Gasteiger partial charge in [-0.1, -0.05) is 51.5 Å². The highest BCUT2D eigenvalue weighted by atomic mass is 16.3. The Hall–Kier alpha value is -1.15. The Kier molecular flexibility index (Phi) is 4.69. The van der Waals surface area contributed by atoms with Gasteiger partial charge in [0.25, 0.3) is 0 Å². The Morgan fingerprint density at radius 2 is 1.81 bits per heavy atom. The van der Waals surface area contributed by atoms with Crippen molar-refractivity contribution < 1.29 is 9.90 Å². The van der Waals surface area contributed by atoms with Gasteiger partial charge in [0.05, 0.1) is 0 Å². The fourth-order valence-electron chi connectivity index (χ4n) is 1.63. The maximum Gasteiger partial charge on any atom is 0.191 e. The summed E-state index contributed by atoms with van der Waals surface area (Å²) < 4.78 is 0. The van der Waals surface area contributed by atoms with E-state index in [-0.39, 0.29) is 5.78 Å². The highest BCUT2D eigenvalue weighted by Crippen LogP contribution is 2.16. The maximum atomic E-state index is 11.8. The van der Waals surface area contributed by atoms with E-state index < -0.39 is 6.10 Å². The molecule has 2 heteroatoms. The van der Waals surface area contributed by atoms with Crippen molar-refractivity contribution in [3.63, 3.8) is 0 Å². The molecule has 0 fully saturated rings. The quantitative estimate of drug-likeness (QED) is 0.774. The zero-order valence-electron chi connectivity index (χ0n) is 10.2. The van der Waals surface area contributed by atoms with E-state index in [4.69, 9.17) is 0 Å². The van der Waals surface area contributed by atoms with Crippen molar-refractivity contribution in [2.24, 2.45) is 0 Å². The molecule has 1 atom stereocenters. The highest BCUT2D eigenvalue weighted by Gasteiger charge is 2.15. The second-order valence-corrected chi connectivity index (χ2v) is 4.45.